The summed E-state index contributed by atoms with van der Waals surface area (Å²) < 4.78 is 33.8. The highest BCUT2D eigenvalue weighted by Crippen LogP contribution is 2.29. The summed E-state index contributed by atoms with van der Waals surface area (Å²) in [6.07, 6.45) is 0.440. The van der Waals surface area contributed by atoms with Crippen molar-refractivity contribution in [1.29, 1.82) is 0 Å². The van der Waals surface area contributed by atoms with Gasteiger partial charge in [0.2, 0.25) is 0 Å². The Labute approximate surface area is 168 Å². The van der Waals surface area contributed by atoms with Crippen molar-refractivity contribution in [3.8, 4) is 17.2 Å². The molecule has 3 aromatic rings. The zero-order valence-electron chi connectivity index (χ0n) is 15.5. The standard InChI is InChI=1S/C21H19NO6S/c1-29(25,26)20-9-7-18(8-10-20)28-19-12-16(11-17(23)13-19)22-21(24)27-14-15-5-3-2-4-6-15/h2-13,23H,14H2,1H3,(H,22,24). The highest BCUT2D eigenvalue weighted by atomic mass is 32.2. The van der Waals surface area contributed by atoms with Gasteiger partial charge in [-0.15, -0.1) is 0 Å². The number of aromatic hydroxyl groups is 1. The molecule has 7 nitrogen and oxygen atoms in total. The van der Waals surface area contributed by atoms with Crippen LogP contribution in [0.15, 0.2) is 77.7 Å². The van der Waals surface area contributed by atoms with E-state index in [-0.39, 0.29) is 28.7 Å². The highest BCUT2D eigenvalue weighted by Gasteiger charge is 2.10. The summed E-state index contributed by atoms with van der Waals surface area (Å²) in [5.41, 5.74) is 1.13. The molecule has 0 aliphatic heterocycles. The number of benzene rings is 3. The zero-order chi connectivity index (χ0) is 20.9. The Morgan fingerprint density at radius 3 is 2.31 bits per heavy atom. The molecule has 0 spiro atoms. The van der Waals surface area contributed by atoms with Crippen molar-refractivity contribution < 1.29 is 27.8 Å². The van der Waals surface area contributed by atoms with Gasteiger partial charge in [0.25, 0.3) is 0 Å². The second-order valence-corrected chi connectivity index (χ2v) is 8.26. The van der Waals surface area contributed by atoms with Crippen LogP contribution in [0.3, 0.4) is 0 Å². The van der Waals surface area contributed by atoms with E-state index >= 15 is 0 Å². The average Bonchev–Trinajstić information content (AvgIpc) is 2.66. The lowest BCUT2D eigenvalue weighted by molar-refractivity contribution is 0.155. The first-order valence-corrected chi connectivity index (χ1v) is 10.5. The number of amides is 1. The third-order valence-electron chi connectivity index (χ3n) is 3.84. The van der Waals surface area contributed by atoms with Gasteiger partial charge in [-0.25, -0.2) is 13.2 Å². The third kappa shape index (κ3) is 5.98. The fraction of sp³-hybridized carbons (Fsp3) is 0.0952. The molecule has 3 aromatic carbocycles. The van der Waals surface area contributed by atoms with Crippen molar-refractivity contribution in [2.24, 2.45) is 0 Å². The minimum Gasteiger partial charge on any atom is -0.508 e. The highest BCUT2D eigenvalue weighted by molar-refractivity contribution is 7.90. The number of phenols is 1. The van der Waals surface area contributed by atoms with Gasteiger partial charge < -0.3 is 14.6 Å². The van der Waals surface area contributed by atoms with Gasteiger partial charge in [0.05, 0.1) is 10.6 Å². The van der Waals surface area contributed by atoms with Gasteiger partial charge in [-0.05, 0) is 29.8 Å². The second kappa shape index (κ2) is 8.66. The number of phenolic OH excluding ortho intramolecular Hbond substituents is 1. The van der Waals surface area contributed by atoms with Crippen molar-refractivity contribution in [3.63, 3.8) is 0 Å². The summed E-state index contributed by atoms with van der Waals surface area (Å²) in [6, 6.07) is 19.3. The lowest BCUT2D eigenvalue weighted by Crippen LogP contribution is -2.13. The van der Waals surface area contributed by atoms with Crippen molar-refractivity contribution in [2.75, 3.05) is 11.6 Å². The van der Waals surface area contributed by atoms with Crippen molar-refractivity contribution in [1.82, 2.24) is 0 Å². The van der Waals surface area contributed by atoms with Gasteiger partial charge in [-0.2, -0.15) is 0 Å². The van der Waals surface area contributed by atoms with E-state index < -0.39 is 15.9 Å². The Balaban J connectivity index is 1.65. The molecule has 0 radical (unpaired) electrons. The van der Waals surface area contributed by atoms with Gasteiger partial charge in [0.1, 0.15) is 23.9 Å². The van der Waals surface area contributed by atoms with Crippen molar-refractivity contribution >= 4 is 21.6 Å². The normalized spacial score (nSPS) is 10.9. The number of anilines is 1. The van der Waals surface area contributed by atoms with E-state index in [9.17, 15) is 18.3 Å². The molecule has 0 saturated carbocycles. The largest absolute Gasteiger partial charge is 0.508 e. The molecule has 0 heterocycles. The number of hydrogen-bond donors (Lipinski definition) is 2. The summed E-state index contributed by atoms with van der Waals surface area (Å²) in [5, 5.41) is 12.4. The maximum Gasteiger partial charge on any atom is 0.411 e. The molecule has 8 heteroatoms. The lowest BCUT2D eigenvalue weighted by Gasteiger charge is -2.11. The van der Waals surface area contributed by atoms with Crippen LogP contribution in [0.25, 0.3) is 0 Å². The van der Waals surface area contributed by atoms with Crippen molar-refractivity contribution in [3.05, 3.63) is 78.4 Å². The van der Waals surface area contributed by atoms with Crippen LogP contribution in [0.1, 0.15) is 5.56 Å². The summed E-state index contributed by atoms with van der Waals surface area (Å²) in [6.45, 7) is 0.113. The molecule has 0 aliphatic carbocycles. The minimum absolute atomic E-state index is 0.113. The fourth-order valence-electron chi connectivity index (χ4n) is 2.48. The van der Waals surface area contributed by atoms with E-state index in [1.54, 1.807) is 0 Å². The van der Waals surface area contributed by atoms with Crippen LogP contribution in [0.5, 0.6) is 17.2 Å². The first-order valence-electron chi connectivity index (χ1n) is 8.59. The first kappa shape index (κ1) is 20.2. The zero-order valence-corrected chi connectivity index (χ0v) is 16.3. The van der Waals surface area contributed by atoms with Gasteiger partial charge >= 0.3 is 6.09 Å². The summed E-state index contributed by atoms with van der Waals surface area (Å²) in [4.78, 5) is 12.2. The molecular formula is C21H19NO6S. The van der Waals surface area contributed by atoms with E-state index in [0.717, 1.165) is 11.8 Å². The summed E-state index contributed by atoms with van der Waals surface area (Å²) in [7, 11) is -3.30. The van der Waals surface area contributed by atoms with Crippen LogP contribution in [-0.2, 0) is 21.2 Å². The van der Waals surface area contributed by atoms with Gasteiger partial charge in [0, 0.05) is 24.5 Å². The minimum atomic E-state index is -3.30. The van der Waals surface area contributed by atoms with Gasteiger partial charge in [-0.3, -0.25) is 5.32 Å². The molecule has 0 atom stereocenters. The number of rotatable bonds is 6. The van der Waals surface area contributed by atoms with Crippen molar-refractivity contribution in [2.45, 2.75) is 11.5 Å². The summed E-state index contributed by atoms with van der Waals surface area (Å²) >= 11 is 0. The molecule has 0 aromatic heterocycles. The maximum absolute atomic E-state index is 12.0. The SMILES string of the molecule is CS(=O)(=O)c1ccc(Oc2cc(O)cc(NC(=O)OCc3ccccc3)c2)cc1. The third-order valence-corrected chi connectivity index (χ3v) is 4.97. The van der Waals surface area contributed by atoms with Crippen LogP contribution in [-0.4, -0.2) is 25.9 Å². The van der Waals surface area contributed by atoms with Crippen LogP contribution in [0.2, 0.25) is 0 Å². The van der Waals surface area contributed by atoms with E-state index in [4.69, 9.17) is 9.47 Å². The van der Waals surface area contributed by atoms with E-state index in [0.29, 0.717) is 5.75 Å². The number of carbonyl (C=O) groups excluding carboxylic acids is 1. The molecule has 0 fully saturated rings. The number of ether oxygens (including phenoxy) is 2. The molecule has 3 rings (SSSR count). The Bertz CT molecular complexity index is 1100. The maximum atomic E-state index is 12.0. The van der Waals surface area contributed by atoms with Gasteiger partial charge in [0.15, 0.2) is 9.84 Å². The van der Waals surface area contributed by atoms with E-state index in [1.165, 1.54) is 42.5 Å². The molecule has 150 valence electrons. The molecule has 0 bridgehead atoms. The molecule has 29 heavy (non-hydrogen) atoms. The molecule has 0 saturated heterocycles. The monoisotopic (exact) mass is 413 g/mol. The van der Waals surface area contributed by atoms with E-state index in [1.807, 2.05) is 30.3 Å². The number of carbonyl (C=O) groups is 1. The Morgan fingerprint density at radius 1 is 0.966 bits per heavy atom. The number of nitrogens with one attached hydrogen (secondary N) is 1. The lowest BCUT2D eigenvalue weighted by atomic mass is 10.2. The first-order chi connectivity index (χ1) is 13.8. The molecule has 0 aliphatic rings. The molecule has 1 amide bonds. The average molecular weight is 413 g/mol. The Hall–Kier alpha value is -3.52. The van der Waals surface area contributed by atoms with E-state index in [2.05, 4.69) is 5.32 Å². The predicted molar refractivity (Wildman–Crippen MR) is 108 cm³/mol. The fourth-order valence-corrected chi connectivity index (χ4v) is 3.11. The second-order valence-electron chi connectivity index (χ2n) is 6.25. The Morgan fingerprint density at radius 2 is 1.66 bits per heavy atom. The number of hydrogen-bond acceptors (Lipinski definition) is 6. The quantitative estimate of drug-likeness (QED) is 0.623. The molecular weight excluding hydrogens is 394 g/mol. The van der Waals surface area contributed by atoms with Crippen LogP contribution in [0, 0.1) is 0 Å². The topological polar surface area (TPSA) is 102 Å². The predicted octanol–water partition coefficient (Wildman–Crippen LogP) is 4.34. The molecule has 0 unspecified atom stereocenters. The Kier molecular flexibility index (Phi) is 6.04. The summed E-state index contributed by atoms with van der Waals surface area (Å²) in [5.74, 6) is 0.518. The van der Waals surface area contributed by atoms with Gasteiger partial charge in [-0.1, -0.05) is 30.3 Å². The number of sulfone groups is 1. The van der Waals surface area contributed by atoms with Crippen LogP contribution < -0.4 is 10.1 Å². The van der Waals surface area contributed by atoms with Crippen LogP contribution >= 0.6 is 0 Å². The smallest absolute Gasteiger partial charge is 0.411 e. The molecule has 2 N–H and O–H groups in total. The van der Waals surface area contributed by atoms with Crippen LogP contribution in [0.4, 0.5) is 10.5 Å².